The monoisotopic (exact) mass is 456 g/mol. The van der Waals surface area contributed by atoms with Crippen LogP contribution in [0.25, 0.3) is 0 Å². The van der Waals surface area contributed by atoms with Crippen LogP contribution >= 0.6 is 0 Å². The lowest BCUT2D eigenvalue weighted by Crippen LogP contribution is -2.10. The number of aromatic nitrogens is 1. The molecular formula is C28H30N3OS+. The van der Waals surface area contributed by atoms with Crippen molar-refractivity contribution >= 4 is 22.3 Å². The van der Waals surface area contributed by atoms with Crippen LogP contribution in [-0.2, 0) is 17.5 Å². The Labute approximate surface area is 199 Å². The van der Waals surface area contributed by atoms with Gasteiger partial charge in [0.2, 0.25) is 0 Å². The first kappa shape index (κ1) is 22.7. The highest BCUT2D eigenvalue weighted by atomic mass is 32.2. The lowest BCUT2D eigenvalue weighted by Gasteiger charge is -2.15. The van der Waals surface area contributed by atoms with Gasteiger partial charge in [0.05, 0.1) is 10.9 Å². The molecule has 0 bridgehead atoms. The third kappa shape index (κ3) is 5.68. The Hall–Kier alpha value is -3.44. The van der Waals surface area contributed by atoms with E-state index >= 15 is 0 Å². The third-order valence-electron chi connectivity index (χ3n) is 5.39. The minimum atomic E-state index is -0.207. The summed E-state index contributed by atoms with van der Waals surface area (Å²) in [6, 6.07) is 30.2. The number of hydrogen-bond donors (Lipinski definition) is 0. The molecule has 0 aliphatic rings. The topological polar surface area (TPSA) is 28.6 Å². The minimum Gasteiger partial charge on any atom is -0.489 e. The van der Waals surface area contributed by atoms with Crippen LogP contribution in [0.3, 0.4) is 0 Å². The van der Waals surface area contributed by atoms with Gasteiger partial charge in [-0.3, -0.25) is 4.98 Å². The highest BCUT2D eigenvalue weighted by Crippen LogP contribution is 2.34. The second-order valence-electron chi connectivity index (χ2n) is 8.20. The number of pyridine rings is 1. The molecule has 4 nitrogen and oxygen atoms in total. The van der Waals surface area contributed by atoms with Crippen molar-refractivity contribution < 1.29 is 4.74 Å². The van der Waals surface area contributed by atoms with Gasteiger partial charge in [-0.25, -0.2) is 0 Å². The summed E-state index contributed by atoms with van der Waals surface area (Å²) in [5.41, 5.74) is 3.51. The van der Waals surface area contributed by atoms with Crippen LogP contribution < -0.4 is 14.5 Å². The molecule has 5 heteroatoms. The van der Waals surface area contributed by atoms with Gasteiger partial charge >= 0.3 is 0 Å². The van der Waals surface area contributed by atoms with Gasteiger partial charge in [-0.1, -0.05) is 0 Å². The molecule has 0 N–H and O–H groups in total. The fraction of sp³-hybridized carbons (Fsp3) is 0.179. The van der Waals surface area contributed by atoms with Crippen LogP contribution in [0.15, 0.2) is 112 Å². The van der Waals surface area contributed by atoms with E-state index < -0.39 is 0 Å². The van der Waals surface area contributed by atoms with Gasteiger partial charge in [0.1, 0.15) is 12.4 Å². The molecule has 0 saturated heterocycles. The number of hydrogen-bond acceptors (Lipinski definition) is 4. The average molecular weight is 457 g/mol. The van der Waals surface area contributed by atoms with E-state index in [1.54, 1.807) is 12.4 Å². The molecule has 1 heterocycles. The molecular weight excluding hydrogens is 426 g/mol. The van der Waals surface area contributed by atoms with Crippen molar-refractivity contribution in [3.8, 4) is 5.75 Å². The summed E-state index contributed by atoms with van der Waals surface area (Å²) in [7, 11) is 8.07. The molecule has 4 aromatic rings. The van der Waals surface area contributed by atoms with Crippen molar-refractivity contribution in [1.29, 1.82) is 0 Å². The highest BCUT2D eigenvalue weighted by molar-refractivity contribution is 7.97. The molecule has 33 heavy (non-hydrogen) atoms. The fourth-order valence-corrected chi connectivity index (χ4v) is 5.53. The van der Waals surface area contributed by atoms with Crippen LogP contribution in [0, 0.1) is 0 Å². The molecule has 3 aromatic carbocycles. The molecule has 0 saturated carbocycles. The van der Waals surface area contributed by atoms with E-state index in [1.807, 2.05) is 12.1 Å². The molecule has 0 atom stereocenters. The Balaban J connectivity index is 1.62. The minimum absolute atomic E-state index is 0.207. The van der Waals surface area contributed by atoms with E-state index in [0.717, 1.165) is 11.3 Å². The number of nitrogens with zero attached hydrogens (tertiary/aromatic N) is 3. The van der Waals surface area contributed by atoms with Crippen molar-refractivity contribution in [2.45, 2.75) is 21.3 Å². The summed E-state index contributed by atoms with van der Waals surface area (Å²) in [5.74, 6) is 0.866. The zero-order valence-corrected chi connectivity index (χ0v) is 20.4. The zero-order valence-electron chi connectivity index (χ0n) is 19.6. The zero-order chi connectivity index (χ0) is 23.2. The Bertz CT molecular complexity index is 1090. The van der Waals surface area contributed by atoms with Crippen LogP contribution in [-0.4, -0.2) is 33.2 Å². The maximum atomic E-state index is 5.99. The first-order chi connectivity index (χ1) is 16.0. The quantitative estimate of drug-likeness (QED) is 0.309. The average Bonchev–Trinajstić information content (AvgIpc) is 2.85. The van der Waals surface area contributed by atoms with E-state index in [9.17, 15) is 0 Å². The van der Waals surface area contributed by atoms with Gasteiger partial charge in [-0.2, -0.15) is 0 Å². The molecule has 0 fully saturated rings. The molecule has 0 spiro atoms. The first-order valence-corrected chi connectivity index (χ1v) is 12.1. The predicted molar refractivity (Wildman–Crippen MR) is 139 cm³/mol. The van der Waals surface area contributed by atoms with E-state index in [4.69, 9.17) is 4.74 Å². The van der Waals surface area contributed by atoms with E-state index in [2.05, 4.69) is 116 Å². The van der Waals surface area contributed by atoms with Crippen LogP contribution in [0.4, 0.5) is 11.4 Å². The smallest absolute Gasteiger partial charge is 0.166 e. The van der Waals surface area contributed by atoms with E-state index in [1.165, 1.54) is 26.1 Å². The normalized spacial score (nSPS) is 10.8. The second-order valence-corrected chi connectivity index (χ2v) is 10.2. The maximum absolute atomic E-state index is 5.99. The van der Waals surface area contributed by atoms with Gasteiger partial charge in [0, 0.05) is 52.0 Å². The van der Waals surface area contributed by atoms with Crippen molar-refractivity contribution in [3.05, 3.63) is 103 Å². The van der Waals surface area contributed by atoms with Crippen molar-refractivity contribution in [2.24, 2.45) is 0 Å². The fourth-order valence-electron chi connectivity index (χ4n) is 3.49. The molecule has 1 aromatic heterocycles. The Morgan fingerprint density at radius 1 is 0.606 bits per heavy atom. The summed E-state index contributed by atoms with van der Waals surface area (Å²) in [6.07, 6.45) is 3.58. The van der Waals surface area contributed by atoms with Crippen molar-refractivity contribution in [1.82, 2.24) is 4.98 Å². The first-order valence-electron chi connectivity index (χ1n) is 10.9. The molecule has 168 valence electrons. The SMILES string of the molecule is CN(C)c1ccc([S+](c2ccc(OCc3ccncc3)cc2)c2ccc(N(C)C)cc2)cc1. The Morgan fingerprint density at radius 3 is 1.45 bits per heavy atom. The van der Waals surface area contributed by atoms with Crippen LogP contribution in [0.2, 0.25) is 0 Å². The third-order valence-corrected chi connectivity index (χ3v) is 7.62. The van der Waals surface area contributed by atoms with E-state index in [0.29, 0.717) is 6.61 Å². The highest BCUT2D eigenvalue weighted by Gasteiger charge is 2.29. The summed E-state index contributed by atoms with van der Waals surface area (Å²) < 4.78 is 5.99. The van der Waals surface area contributed by atoms with E-state index in [-0.39, 0.29) is 10.9 Å². The molecule has 0 radical (unpaired) electrons. The summed E-state index contributed by atoms with van der Waals surface area (Å²) in [4.78, 5) is 12.2. The predicted octanol–water partition coefficient (Wildman–Crippen LogP) is 5.89. The van der Waals surface area contributed by atoms with Crippen LogP contribution in [0.5, 0.6) is 5.75 Å². The largest absolute Gasteiger partial charge is 0.489 e. The number of benzene rings is 3. The second kappa shape index (κ2) is 10.5. The van der Waals surface area contributed by atoms with Gasteiger partial charge < -0.3 is 14.5 Å². The van der Waals surface area contributed by atoms with Crippen molar-refractivity contribution in [3.63, 3.8) is 0 Å². The molecule has 0 amide bonds. The molecule has 0 aliphatic carbocycles. The summed E-state index contributed by atoms with van der Waals surface area (Å²) >= 11 is 0. The number of anilines is 2. The van der Waals surface area contributed by atoms with Crippen LogP contribution in [0.1, 0.15) is 5.56 Å². The Kier molecular flexibility index (Phi) is 7.20. The Morgan fingerprint density at radius 2 is 1.03 bits per heavy atom. The van der Waals surface area contributed by atoms with Gasteiger partial charge in [-0.15, -0.1) is 0 Å². The lowest BCUT2D eigenvalue weighted by atomic mass is 10.3. The summed E-state index contributed by atoms with van der Waals surface area (Å²) in [5, 5.41) is 0. The van der Waals surface area contributed by atoms with Crippen molar-refractivity contribution in [2.75, 3.05) is 38.0 Å². The number of rotatable bonds is 8. The van der Waals surface area contributed by atoms with Gasteiger partial charge in [0.25, 0.3) is 0 Å². The standard InChI is InChI=1S/C28H30N3OS/c1-30(2)23-5-11-26(12-6-23)33(27-13-7-24(8-14-27)31(3)4)28-15-9-25(10-16-28)32-21-22-17-19-29-20-18-22/h5-20H,21H2,1-4H3/q+1. The summed E-state index contributed by atoms with van der Waals surface area (Å²) in [6.45, 7) is 0.533. The number of ether oxygens (including phenoxy) is 1. The maximum Gasteiger partial charge on any atom is 0.166 e. The van der Waals surface area contributed by atoms with Gasteiger partial charge in [-0.05, 0) is 90.5 Å². The molecule has 4 rings (SSSR count). The molecule has 0 aliphatic heterocycles. The van der Waals surface area contributed by atoms with Gasteiger partial charge in [0.15, 0.2) is 14.7 Å². The lowest BCUT2D eigenvalue weighted by molar-refractivity contribution is 0.306. The molecule has 0 unspecified atom stereocenters.